The van der Waals surface area contributed by atoms with Crippen molar-refractivity contribution in [2.45, 2.75) is 6.92 Å². The van der Waals surface area contributed by atoms with Crippen molar-refractivity contribution in [1.82, 2.24) is 9.97 Å². The van der Waals surface area contributed by atoms with Gasteiger partial charge in [0.25, 0.3) is 11.5 Å². The molecule has 0 saturated heterocycles. The molecule has 3 rings (SSSR count). The van der Waals surface area contributed by atoms with E-state index in [1.165, 1.54) is 6.20 Å². The molecule has 2 aromatic carbocycles. The Kier molecular flexibility index (Phi) is 4.88. The van der Waals surface area contributed by atoms with Crippen LogP contribution in [-0.4, -0.2) is 15.9 Å². The highest BCUT2D eigenvalue weighted by Gasteiger charge is 2.14. The van der Waals surface area contributed by atoms with Gasteiger partial charge in [-0.1, -0.05) is 29.3 Å². The fourth-order valence-corrected chi connectivity index (χ4v) is 2.53. The zero-order valence-corrected chi connectivity index (χ0v) is 14.7. The van der Waals surface area contributed by atoms with Gasteiger partial charge in [0.1, 0.15) is 11.4 Å². The molecular weight excluding hydrogens is 361 g/mol. The Morgan fingerprint density at radius 1 is 1.08 bits per heavy atom. The molecular formula is C18H13Cl2N3O2. The molecule has 0 aliphatic carbocycles. The van der Waals surface area contributed by atoms with Gasteiger partial charge in [-0.25, -0.2) is 4.98 Å². The highest BCUT2D eigenvalue weighted by Crippen LogP contribution is 2.21. The number of aromatic amines is 1. The Morgan fingerprint density at radius 3 is 2.44 bits per heavy atom. The van der Waals surface area contributed by atoms with E-state index in [0.717, 1.165) is 5.56 Å². The van der Waals surface area contributed by atoms with Crippen LogP contribution in [0.15, 0.2) is 53.5 Å². The number of aryl methyl sites for hydroxylation is 1. The van der Waals surface area contributed by atoms with Crippen LogP contribution in [-0.2, 0) is 0 Å². The SMILES string of the molecule is Cc1ccc(Cl)cc1NC(=O)c1cnc(-c2ccc(Cl)cc2)[nH]c1=O. The molecule has 126 valence electrons. The molecule has 0 aliphatic heterocycles. The molecule has 25 heavy (non-hydrogen) atoms. The summed E-state index contributed by atoms with van der Waals surface area (Å²) in [5.74, 6) is -0.195. The molecule has 0 radical (unpaired) electrons. The number of rotatable bonds is 3. The number of aromatic nitrogens is 2. The molecule has 0 saturated carbocycles. The van der Waals surface area contributed by atoms with Crippen LogP contribution in [0.25, 0.3) is 11.4 Å². The molecule has 0 atom stereocenters. The smallest absolute Gasteiger partial charge is 0.264 e. The summed E-state index contributed by atoms with van der Waals surface area (Å²) >= 11 is 11.8. The van der Waals surface area contributed by atoms with E-state index in [-0.39, 0.29) is 5.56 Å². The Labute approximate surface area is 153 Å². The maximum absolute atomic E-state index is 12.4. The summed E-state index contributed by atoms with van der Waals surface area (Å²) in [6.45, 7) is 1.83. The summed E-state index contributed by atoms with van der Waals surface area (Å²) in [5, 5.41) is 3.75. The van der Waals surface area contributed by atoms with Crippen LogP contribution in [0.2, 0.25) is 10.0 Å². The average molecular weight is 374 g/mol. The number of amides is 1. The van der Waals surface area contributed by atoms with Gasteiger partial charge in [0.05, 0.1) is 0 Å². The lowest BCUT2D eigenvalue weighted by molar-refractivity contribution is 0.102. The van der Waals surface area contributed by atoms with Crippen LogP contribution < -0.4 is 10.9 Å². The lowest BCUT2D eigenvalue weighted by atomic mass is 10.2. The average Bonchev–Trinajstić information content (AvgIpc) is 2.58. The molecule has 1 amide bonds. The van der Waals surface area contributed by atoms with E-state index in [0.29, 0.717) is 27.1 Å². The molecule has 0 bridgehead atoms. The minimum Gasteiger partial charge on any atom is -0.321 e. The van der Waals surface area contributed by atoms with Crippen molar-refractivity contribution in [2.24, 2.45) is 0 Å². The number of benzene rings is 2. The van der Waals surface area contributed by atoms with Gasteiger partial charge in [-0.2, -0.15) is 0 Å². The van der Waals surface area contributed by atoms with Crippen molar-refractivity contribution in [3.63, 3.8) is 0 Å². The zero-order valence-electron chi connectivity index (χ0n) is 13.1. The zero-order chi connectivity index (χ0) is 18.0. The van der Waals surface area contributed by atoms with Crippen molar-refractivity contribution >= 4 is 34.8 Å². The molecule has 1 aromatic heterocycles. The van der Waals surface area contributed by atoms with E-state index < -0.39 is 11.5 Å². The van der Waals surface area contributed by atoms with Gasteiger partial charge in [-0.05, 0) is 48.9 Å². The number of carbonyl (C=O) groups excluding carboxylic acids is 1. The van der Waals surface area contributed by atoms with Gasteiger partial charge in [0.15, 0.2) is 0 Å². The van der Waals surface area contributed by atoms with Crippen LogP contribution in [0.4, 0.5) is 5.69 Å². The van der Waals surface area contributed by atoms with Crippen molar-refractivity contribution < 1.29 is 4.79 Å². The van der Waals surface area contributed by atoms with Gasteiger partial charge in [0, 0.05) is 27.5 Å². The largest absolute Gasteiger partial charge is 0.321 e. The lowest BCUT2D eigenvalue weighted by Crippen LogP contribution is -2.24. The quantitative estimate of drug-likeness (QED) is 0.718. The van der Waals surface area contributed by atoms with E-state index in [2.05, 4.69) is 15.3 Å². The number of halogens is 2. The van der Waals surface area contributed by atoms with Crippen molar-refractivity contribution in [1.29, 1.82) is 0 Å². The van der Waals surface area contributed by atoms with Crippen LogP contribution in [0, 0.1) is 6.92 Å². The fourth-order valence-electron chi connectivity index (χ4n) is 2.23. The summed E-state index contributed by atoms with van der Waals surface area (Å²) in [5.41, 5.74) is 1.45. The number of anilines is 1. The minimum absolute atomic E-state index is 0.0860. The van der Waals surface area contributed by atoms with Gasteiger partial charge in [0.2, 0.25) is 0 Å². The molecule has 0 spiro atoms. The number of hydrogen-bond acceptors (Lipinski definition) is 3. The Hall–Kier alpha value is -2.63. The van der Waals surface area contributed by atoms with E-state index in [9.17, 15) is 9.59 Å². The Balaban J connectivity index is 1.88. The second kappa shape index (κ2) is 7.09. The van der Waals surface area contributed by atoms with E-state index in [4.69, 9.17) is 23.2 Å². The predicted octanol–water partition coefficient (Wildman–Crippen LogP) is 4.30. The van der Waals surface area contributed by atoms with Crippen molar-refractivity contribution in [2.75, 3.05) is 5.32 Å². The first-order valence-corrected chi connectivity index (χ1v) is 8.12. The standard InChI is InChI=1S/C18H13Cl2N3O2/c1-10-2-5-13(20)8-15(10)22-17(24)14-9-21-16(23-18(14)25)11-3-6-12(19)7-4-11/h2-9H,1H3,(H,22,24)(H,21,23,25). The first-order valence-electron chi connectivity index (χ1n) is 7.37. The summed E-state index contributed by atoms with van der Waals surface area (Å²) in [4.78, 5) is 31.4. The molecule has 1 heterocycles. The van der Waals surface area contributed by atoms with E-state index >= 15 is 0 Å². The topological polar surface area (TPSA) is 74.8 Å². The maximum Gasteiger partial charge on any atom is 0.264 e. The lowest BCUT2D eigenvalue weighted by Gasteiger charge is -2.09. The number of nitrogens with zero attached hydrogens (tertiary/aromatic N) is 1. The minimum atomic E-state index is -0.554. The fraction of sp³-hybridized carbons (Fsp3) is 0.0556. The van der Waals surface area contributed by atoms with Gasteiger partial charge >= 0.3 is 0 Å². The third-order valence-corrected chi connectivity index (χ3v) is 4.10. The molecule has 3 aromatic rings. The van der Waals surface area contributed by atoms with Crippen molar-refractivity contribution in [3.8, 4) is 11.4 Å². The third kappa shape index (κ3) is 3.90. The number of hydrogen-bond donors (Lipinski definition) is 2. The monoisotopic (exact) mass is 373 g/mol. The van der Waals surface area contributed by atoms with E-state index in [1.54, 1.807) is 42.5 Å². The van der Waals surface area contributed by atoms with Crippen LogP contribution in [0.5, 0.6) is 0 Å². The molecule has 5 nitrogen and oxygen atoms in total. The summed E-state index contributed by atoms with van der Waals surface area (Å²) in [6, 6.07) is 12.0. The van der Waals surface area contributed by atoms with Crippen molar-refractivity contribution in [3.05, 3.63) is 80.2 Å². The number of carbonyl (C=O) groups is 1. The van der Waals surface area contributed by atoms with Gasteiger partial charge in [-0.15, -0.1) is 0 Å². The second-order valence-corrected chi connectivity index (χ2v) is 6.27. The van der Waals surface area contributed by atoms with E-state index in [1.807, 2.05) is 6.92 Å². The summed E-state index contributed by atoms with van der Waals surface area (Å²) in [7, 11) is 0. The highest BCUT2D eigenvalue weighted by atomic mass is 35.5. The third-order valence-electron chi connectivity index (χ3n) is 3.61. The number of nitrogens with one attached hydrogen (secondary N) is 2. The first kappa shape index (κ1) is 17.2. The number of H-pyrrole nitrogens is 1. The Bertz CT molecular complexity index is 998. The second-order valence-electron chi connectivity index (χ2n) is 5.39. The summed E-state index contributed by atoms with van der Waals surface area (Å²) in [6.07, 6.45) is 1.25. The van der Waals surface area contributed by atoms with Gasteiger partial charge in [-0.3, -0.25) is 9.59 Å². The maximum atomic E-state index is 12.4. The Morgan fingerprint density at radius 2 is 1.76 bits per heavy atom. The predicted molar refractivity (Wildman–Crippen MR) is 99.4 cm³/mol. The van der Waals surface area contributed by atoms with Crippen LogP contribution in [0.3, 0.4) is 0 Å². The molecule has 0 fully saturated rings. The first-order chi connectivity index (χ1) is 11.9. The van der Waals surface area contributed by atoms with Crippen LogP contribution in [0.1, 0.15) is 15.9 Å². The molecule has 7 heteroatoms. The molecule has 2 N–H and O–H groups in total. The van der Waals surface area contributed by atoms with Gasteiger partial charge < -0.3 is 10.3 Å². The normalized spacial score (nSPS) is 10.5. The molecule has 0 unspecified atom stereocenters. The van der Waals surface area contributed by atoms with Crippen LogP contribution >= 0.6 is 23.2 Å². The summed E-state index contributed by atoms with van der Waals surface area (Å²) < 4.78 is 0. The molecule has 0 aliphatic rings. The highest BCUT2D eigenvalue weighted by molar-refractivity contribution is 6.31.